The van der Waals surface area contributed by atoms with Gasteiger partial charge in [-0.3, -0.25) is 9.59 Å². The van der Waals surface area contributed by atoms with Crippen molar-refractivity contribution in [1.29, 1.82) is 0 Å². The summed E-state index contributed by atoms with van der Waals surface area (Å²) in [6, 6.07) is 25.4. The van der Waals surface area contributed by atoms with E-state index in [-0.39, 0.29) is 11.3 Å². The van der Waals surface area contributed by atoms with E-state index in [2.05, 4.69) is 5.32 Å². The fourth-order valence-electron chi connectivity index (χ4n) is 3.82. The van der Waals surface area contributed by atoms with E-state index < -0.39 is 17.6 Å². The molecule has 0 bridgehead atoms. The van der Waals surface area contributed by atoms with Crippen LogP contribution in [0.15, 0.2) is 96.7 Å². The SMILES string of the molecule is O=C1C(Nc2cccc3ccccc23)=C(c2ccc(Cl)cc2)C(=O)N1c1ccc(F)cc1. The van der Waals surface area contributed by atoms with Crippen molar-refractivity contribution in [2.75, 3.05) is 10.2 Å². The highest BCUT2D eigenvalue weighted by atomic mass is 35.5. The summed E-state index contributed by atoms with van der Waals surface area (Å²) in [5.74, 6) is -1.46. The number of amides is 2. The largest absolute Gasteiger partial charge is 0.350 e. The molecule has 4 aromatic rings. The summed E-state index contributed by atoms with van der Waals surface area (Å²) in [6.07, 6.45) is 0. The summed E-state index contributed by atoms with van der Waals surface area (Å²) in [4.78, 5) is 27.9. The first-order chi connectivity index (χ1) is 15.5. The van der Waals surface area contributed by atoms with Crippen LogP contribution in [0, 0.1) is 5.82 Å². The van der Waals surface area contributed by atoms with Gasteiger partial charge in [-0.15, -0.1) is 0 Å². The summed E-state index contributed by atoms with van der Waals surface area (Å²) in [5, 5.41) is 5.63. The zero-order chi connectivity index (χ0) is 22.2. The Balaban J connectivity index is 1.65. The average molecular weight is 443 g/mol. The van der Waals surface area contributed by atoms with Crippen molar-refractivity contribution in [3.63, 3.8) is 0 Å². The molecule has 0 atom stereocenters. The summed E-state index contributed by atoms with van der Waals surface area (Å²) in [6.45, 7) is 0. The van der Waals surface area contributed by atoms with Crippen LogP contribution < -0.4 is 10.2 Å². The maximum Gasteiger partial charge on any atom is 0.282 e. The molecular weight excluding hydrogens is 427 g/mol. The molecule has 32 heavy (non-hydrogen) atoms. The standard InChI is InChI=1S/C26H16ClFN2O2/c27-18-10-8-17(9-11-18)23-24(29-22-7-3-5-16-4-1-2-6-21(16)22)26(32)30(25(23)31)20-14-12-19(28)13-15-20/h1-15,29H. The van der Waals surface area contributed by atoms with Crippen molar-refractivity contribution in [1.82, 2.24) is 0 Å². The number of nitrogens with zero attached hydrogens (tertiary/aromatic N) is 1. The molecule has 0 aliphatic carbocycles. The monoisotopic (exact) mass is 442 g/mol. The Kier molecular flexibility index (Phi) is 4.96. The van der Waals surface area contributed by atoms with Gasteiger partial charge in [0.1, 0.15) is 11.5 Å². The zero-order valence-electron chi connectivity index (χ0n) is 16.7. The minimum atomic E-state index is -0.514. The third kappa shape index (κ3) is 3.43. The number of carbonyl (C=O) groups is 2. The van der Waals surface area contributed by atoms with E-state index in [1.54, 1.807) is 24.3 Å². The lowest BCUT2D eigenvalue weighted by molar-refractivity contribution is -0.120. The fourth-order valence-corrected chi connectivity index (χ4v) is 3.95. The van der Waals surface area contributed by atoms with Crippen LogP contribution >= 0.6 is 11.6 Å². The first-order valence-electron chi connectivity index (χ1n) is 9.92. The molecule has 0 radical (unpaired) electrons. The third-order valence-corrected chi connectivity index (χ3v) is 5.60. The Bertz CT molecular complexity index is 1390. The van der Waals surface area contributed by atoms with E-state index in [0.29, 0.717) is 22.0 Å². The van der Waals surface area contributed by atoms with Crippen LogP contribution in [0.4, 0.5) is 15.8 Å². The Hall–Kier alpha value is -3.96. The number of nitrogens with one attached hydrogen (secondary N) is 1. The lowest BCUT2D eigenvalue weighted by Crippen LogP contribution is -2.32. The second-order valence-electron chi connectivity index (χ2n) is 7.33. The van der Waals surface area contributed by atoms with Gasteiger partial charge in [-0.1, -0.05) is 60.1 Å². The predicted molar refractivity (Wildman–Crippen MR) is 125 cm³/mol. The van der Waals surface area contributed by atoms with E-state index >= 15 is 0 Å². The van der Waals surface area contributed by atoms with E-state index in [1.807, 2.05) is 42.5 Å². The summed E-state index contributed by atoms with van der Waals surface area (Å²) in [5.41, 5.74) is 1.93. The lowest BCUT2D eigenvalue weighted by atomic mass is 10.0. The average Bonchev–Trinajstić information content (AvgIpc) is 3.05. The molecule has 4 aromatic carbocycles. The molecule has 0 saturated carbocycles. The molecular formula is C26H16ClFN2O2. The lowest BCUT2D eigenvalue weighted by Gasteiger charge is -2.15. The van der Waals surface area contributed by atoms with Gasteiger partial charge in [0, 0.05) is 16.1 Å². The molecule has 1 N–H and O–H groups in total. The third-order valence-electron chi connectivity index (χ3n) is 5.35. The molecule has 2 amide bonds. The van der Waals surface area contributed by atoms with E-state index in [1.165, 1.54) is 24.3 Å². The molecule has 4 nitrogen and oxygen atoms in total. The molecule has 0 spiro atoms. The number of hydrogen-bond acceptors (Lipinski definition) is 3. The molecule has 156 valence electrons. The predicted octanol–water partition coefficient (Wildman–Crippen LogP) is 6.03. The van der Waals surface area contributed by atoms with Crippen LogP contribution in [-0.2, 0) is 9.59 Å². The molecule has 1 aliphatic heterocycles. The molecule has 0 fully saturated rings. The maximum atomic E-state index is 13.5. The molecule has 0 unspecified atom stereocenters. The molecule has 0 saturated heterocycles. The highest BCUT2D eigenvalue weighted by molar-refractivity contribution is 6.46. The second-order valence-corrected chi connectivity index (χ2v) is 7.77. The molecule has 0 aromatic heterocycles. The number of fused-ring (bicyclic) bond motifs is 1. The van der Waals surface area contributed by atoms with Crippen LogP contribution in [-0.4, -0.2) is 11.8 Å². The van der Waals surface area contributed by atoms with Gasteiger partial charge < -0.3 is 5.32 Å². The van der Waals surface area contributed by atoms with Crippen molar-refractivity contribution in [2.45, 2.75) is 0 Å². The molecule has 1 heterocycles. The number of anilines is 2. The van der Waals surface area contributed by atoms with Crippen LogP contribution in [0.3, 0.4) is 0 Å². The van der Waals surface area contributed by atoms with Gasteiger partial charge in [-0.05, 0) is 53.4 Å². The Labute approximate surface area is 188 Å². The Morgan fingerprint density at radius 1 is 0.750 bits per heavy atom. The smallest absolute Gasteiger partial charge is 0.282 e. The van der Waals surface area contributed by atoms with Gasteiger partial charge in [0.15, 0.2) is 0 Å². The number of rotatable bonds is 4. The van der Waals surface area contributed by atoms with Crippen LogP contribution in [0.25, 0.3) is 16.3 Å². The van der Waals surface area contributed by atoms with Crippen LogP contribution in [0.1, 0.15) is 5.56 Å². The van der Waals surface area contributed by atoms with Crippen molar-refractivity contribution in [2.24, 2.45) is 0 Å². The summed E-state index contributed by atoms with van der Waals surface area (Å²) in [7, 11) is 0. The first-order valence-corrected chi connectivity index (χ1v) is 10.3. The topological polar surface area (TPSA) is 49.4 Å². The van der Waals surface area contributed by atoms with Crippen LogP contribution in [0.5, 0.6) is 0 Å². The van der Waals surface area contributed by atoms with Crippen LogP contribution in [0.2, 0.25) is 5.02 Å². The second kappa shape index (κ2) is 7.94. The molecule has 5 rings (SSSR count). The zero-order valence-corrected chi connectivity index (χ0v) is 17.4. The minimum absolute atomic E-state index is 0.151. The van der Waals surface area contributed by atoms with Gasteiger partial charge in [-0.2, -0.15) is 0 Å². The maximum absolute atomic E-state index is 13.5. The van der Waals surface area contributed by atoms with Gasteiger partial charge in [0.05, 0.1) is 11.3 Å². The Morgan fingerprint density at radius 3 is 2.19 bits per heavy atom. The normalized spacial score (nSPS) is 13.9. The number of hydrogen-bond donors (Lipinski definition) is 1. The van der Waals surface area contributed by atoms with E-state index in [0.717, 1.165) is 15.7 Å². The van der Waals surface area contributed by atoms with Crippen molar-refractivity contribution < 1.29 is 14.0 Å². The van der Waals surface area contributed by atoms with E-state index in [4.69, 9.17) is 11.6 Å². The number of imide groups is 1. The van der Waals surface area contributed by atoms with Gasteiger partial charge in [-0.25, -0.2) is 9.29 Å². The highest BCUT2D eigenvalue weighted by Gasteiger charge is 2.40. The van der Waals surface area contributed by atoms with Gasteiger partial charge in [0.2, 0.25) is 0 Å². The first kappa shape index (κ1) is 20.0. The number of carbonyl (C=O) groups excluding carboxylic acids is 2. The van der Waals surface area contributed by atoms with Crippen molar-refractivity contribution in [3.8, 4) is 0 Å². The fraction of sp³-hybridized carbons (Fsp3) is 0. The van der Waals surface area contributed by atoms with Crippen molar-refractivity contribution >= 4 is 51.1 Å². The van der Waals surface area contributed by atoms with Crippen molar-refractivity contribution in [3.05, 3.63) is 113 Å². The quantitative estimate of drug-likeness (QED) is 0.393. The Morgan fingerprint density at radius 2 is 1.44 bits per heavy atom. The minimum Gasteiger partial charge on any atom is -0.350 e. The number of halogens is 2. The molecule has 6 heteroatoms. The number of benzene rings is 4. The highest BCUT2D eigenvalue weighted by Crippen LogP contribution is 2.35. The van der Waals surface area contributed by atoms with Gasteiger partial charge in [0.25, 0.3) is 11.8 Å². The van der Waals surface area contributed by atoms with E-state index in [9.17, 15) is 14.0 Å². The van der Waals surface area contributed by atoms with Gasteiger partial charge >= 0.3 is 0 Å². The molecule has 1 aliphatic rings. The summed E-state index contributed by atoms with van der Waals surface area (Å²) < 4.78 is 13.4. The summed E-state index contributed by atoms with van der Waals surface area (Å²) >= 11 is 6.02.